The van der Waals surface area contributed by atoms with Crippen molar-refractivity contribution in [2.45, 2.75) is 77.9 Å². The number of nitrogens with zero attached hydrogens (tertiary/aromatic N) is 1. The molecule has 0 N–H and O–H groups in total. The summed E-state index contributed by atoms with van der Waals surface area (Å²) >= 11 is 0. The molecule has 0 aromatic carbocycles. The van der Waals surface area contributed by atoms with E-state index in [2.05, 4.69) is 6.92 Å². The summed E-state index contributed by atoms with van der Waals surface area (Å²) in [5.74, 6) is 0.445. The molecule has 0 aliphatic heterocycles. The molecule has 0 heterocycles. The van der Waals surface area contributed by atoms with Crippen molar-refractivity contribution in [2.75, 3.05) is 7.05 Å². The smallest absolute Gasteiger partial charge is 0.306 e. The third-order valence-electron chi connectivity index (χ3n) is 3.81. The van der Waals surface area contributed by atoms with Gasteiger partial charge in [-0.05, 0) is 39.5 Å². The largest absolute Gasteiger partial charge is 0.460 e. The maximum Gasteiger partial charge on any atom is 0.306 e. The van der Waals surface area contributed by atoms with Gasteiger partial charge >= 0.3 is 5.97 Å². The highest BCUT2D eigenvalue weighted by atomic mass is 16.6. The molecule has 1 fully saturated rings. The Bertz CT molecular complexity index is 346. The molecule has 0 aromatic heterocycles. The van der Waals surface area contributed by atoms with E-state index < -0.39 is 5.60 Å². The Morgan fingerprint density at radius 3 is 2.40 bits per heavy atom. The molecule has 4 heteroatoms. The monoisotopic (exact) mass is 283 g/mol. The number of carbonyl (C=O) groups is 2. The van der Waals surface area contributed by atoms with Crippen molar-refractivity contribution in [3.8, 4) is 0 Å². The molecule has 2 atom stereocenters. The average Bonchev–Trinajstić information content (AvgIpc) is 2.33. The maximum absolute atomic E-state index is 12.1. The summed E-state index contributed by atoms with van der Waals surface area (Å²) in [4.78, 5) is 25.6. The molecule has 0 radical (unpaired) electrons. The zero-order valence-electron chi connectivity index (χ0n) is 13.6. The van der Waals surface area contributed by atoms with Crippen LogP contribution in [0.15, 0.2) is 0 Å². The van der Waals surface area contributed by atoms with E-state index in [1.807, 2.05) is 32.7 Å². The van der Waals surface area contributed by atoms with Gasteiger partial charge in [0.1, 0.15) is 5.60 Å². The van der Waals surface area contributed by atoms with Crippen LogP contribution in [0.1, 0.15) is 66.2 Å². The standard InChI is InChI=1S/C16H29NO3/c1-12-7-6-8-13(11-12)17(5)14(18)9-10-15(19)20-16(2,3)4/h12-13H,6-11H2,1-5H3. The van der Waals surface area contributed by atoms with Crippen LogP contribution >= 0.6 is 0 Å². The van der Waals surface area contributed by atoms with Crippen molar-refractivity contribution >= 4 is 11.9 Å². The van der Waals surface area contributed by atoms with Crippen LogP contribution < -0.4 is 0 Å². The molecule has 1 saturated carbocycles. The van der Waals surface area contributed by atoms with E-state index in [-0.39, 0.29) is 24.7 Å². The van der Waals surface area contributed by atoms with E-state index >= 15 is 0 Å². The first-order valence-corrected chi connectivity index (χ1v) is 7.66. The molecule has 116 valence electrons. The summed E-state index contributed by atoms with van der Waals surface area (Å²) in [6, 6.07) is 0.338. The highest BCUT2D eigenvalue weighted by molar-refractivity contribution is 5.81. The van der Waals surface area contributed by atoms with Crippen molar-refractivity contribution in [3.63, 3.8) is 0 Å². The molecule has 2 unspecified atom stereocenters. The van der Waals surface area contributed by atoms with Gasteiger partial charge in [0.05, 0.1) is 6.42 Å². The highest BCUT2D eigenvalue weighted by Gasteiger charge is 2.26. The molecule has 0 bridgehead atoms. The van der Waals surface area contributed by atoms with Crippen LogP contribution in [0.5, 0.6) is 0 Å². The first-order valence-electron chi connectivity index (χ1n) is 7.66. The molecule has 20 heavy (non-hydrogen) atoms. The van der Waals surface area contributed by atoms with Crippen LogP contribution in [0.25, 0.3) is 0 Å². The van der Waals surface area contributed by atoms with Crippen LogP contribution in [-0.4, -0.2) is 35.5 Å². The first kappa shape index (κ1) is 17.0. The minimum absolute atomic E-state index is 0.0509. The molecule has 0 spiro atoms. The average molecular weight is 283 g/mol. The fourth-order valence-electron chi connectivity index (χ4n) is 2.74. The van der Waals surface area contributed by atoms with Crippen molar-refractivity contribution in [3.05, 3.63) is 0 Å². The number of rotatable bonds is 4. The Balaban J connectivity index is 2.36. The lowest BCUT2D eigenvalue weighted by molar-refractivity contribution is -0.156. The molecule has 0 saturated heterocycles. The second-order valence-electron chi connectivity index (χ2n) is 7.02. The van der Waals surface area contributed by atoms with Gasteiger partial charge in [0.25, 0.3) is 0 Å². The number of hydrogen-bond donors (Lipinski definition) is 0. The van der Waals surface area contributed by atoms with Crippen LogP contribution in [0.3, 0.4) is 0 Å². The fraction of sp³-hybridized carbons (Fsp3) is 0.875. The van der Waals surface area contributed by atoms with Crippen molar-refractivity contribution < 1.29 is 14.3 Å². The Morgan fingerprint density at radius 1 is 1.20 bits per heavy atom. The molecule has 1 amide bonds. The van der Waals surface area contributed by atoms with Crippen LogP contribution in [0.4, 0.5) is 0 Å². The Morgan fingerprint density at radius 2 is 1.85 bits per heavy atom. The topological polar surface area (TPSA) is 46.6 Å². The second kappa shape index (κ2) is 7.09. The van der Waals surface area contributed by atoms with E-state index in [0.717, 1.165) is 12.8 Å². The Hall–Kier alpha value is -1.06. The molecular formula is C16H29NO3. The van der Waals surface area contributed by atoms with Crippen molar-refractivity contribution in [2.24, 2.45) is 5.92 Å². The van der Waals surface area contributed by atoms with Crippen LogP contribution in [0.2, 0.25) is 0 Å². The molecular weight excluding hydrogens is 254 g/mol. The van der Waals surface area contributed by atoms with Gasteiger partial charge in [-0.2, -0.15) is 0 Å². The number of ether oxygens (including phenoxy) is 1. The summed E-state index contributed by atoms with van der Waals surface area (Å²) in [5, 5.41) is 0. The maximum atomic E-state index is 12.1. The zero-order chi connectivity index (χ0) is 15.3. The minimum Gasteiger partial charge on any atom is -0.460 e. The van der Waals surface area contributed by atoms with Gasteiger partial charge in [0.15, 0.2) is 0 Å². The Kier molecular flexibility index (Phi) is 6.03. The van der Waals surface area contributed by atoms with Gasteiger partial charge in [-0.15, -0.1) is 0 Å². The molecule has 1 aliphatic carbocycles. The lowest BCUT2D eigenvalue weighted by atomic mass is 9.86. The molecule has 1 rings (SSSR count). The number of carbonyl (C=O) groups excluding carboxylic acids is 2. The molecule has 4 nitrogen and oxygen atoms in total. The summed E-state index contributed by atoms with van der Waals surface area (Å²) < 4.78 is 5.22. The van der Waals surface area contributed by atoms with E-state index in [1.54, 1.807) is 0 Å². The molecule has 0 aromatic rings. The van der Waals surface area contributed by atoms with Gasteiger partial charge in [0.2, 0.25) is 5.91 Å². The lowest BCUT2D eigenvalue weighted by Gasteiger charge is -2.34. The van der Waals surface area contributed by atoms with E-state index in [4.69, 9.17) is 4.74 Å². The number of hydrogen-bond acceptors (Lipinski definition) is 3. The Labute approximate surface area is 122 Å². The third kappa shape index (κ3) is 5.93. The fourth-order valence-corrected chi connectivity index (χ4v) is 2.74. The lowest BCUT2D eigenvalue weighted by Crippen LogP contribution is -2.40. The molecule has 1 aliphatic rings. The van der Waals surface area contributed by atoms with E-state index in [0.29, 0.717) is 12.0 Å². The summed E-state index contributed by atoms with van der Waals surface area (Å²) in [5.41, 5.74) is -0.481. The summed E-state index contributed by atoms with van der Waals surface area (Å²) in [6.45, 7) is 7.75. The van der Waals surface area contributed by atoms with Crippen molar-refractivity contribution in [1.82, 2.24) is 4.90 Å². The van der Waals surface area contributed by atoms with E-state index in [1.165, 1.54) is 12.8 Å². The highest BCUT2D eigenvalue weighted by Crippen LogP contribution is 2.27. The first-order chi connectivity index (χ1) is 9.19. The van der Waals surface area contributed by atoms with Crippen molar-refractivity contribution in [1.29, 1.82) is 0 Å². The number of esters is 1. The van der Waals surface area contributed by atoms with Crippen LogP contribution in [-0.2, 0) is 14.3 Å². The van der Waals surface area contributed by atoms with Gasteiger partial charge in [0, 0.05) is 19.5 Å². The SMILES string of the molecule is CC1CCCC(N(C)C(=O)CCC(=O)OC(C)(C)C)C1. The predicted octanol–water partition coefficient (Wildman–Crippen LogP) is 3.15. The minimum atomic E-state index is -0.481. The van der Waals surface area contributed by atoms with Gasteiger partial charge in [-0.1, -0.05) is 19.8 Å². The third-order valence-corrected chi connectivity index (χ3v) is 3.81. The summed E-state index contributed by atoms with van der Waals surface area (Å²) in [7, 11) is 1.86. The second-order valence-corrected chi connectivity index (χ2v) is 7.02. The number of amides is 1. The summed E-state index contributed by atoms with van der Waals surface area (Å²) in [6.07, 6.45) is 5.03. The van der Waals surface area contributed by atoms with Gasteiger partial charge in [-0.3, -0.25) is 9.59 Å². The van der Waals surface area contributed by atoms with E-state index in [9.17, 15) is 9.59 Å². The van der Waals surface area contributed by atoms with Crippen LogP contribution in [0, 0.1) is 5.92 Å². The van der Waals surface area contributed by atoms with Gasteiger partial charge in [-0.25, -0.2) is 0 Å². The normalized spacial score (nSPS) is 23.2. The predicted molar refractivity (Wildman–Crippen MR) is 79.3 cm³/mol. The van der Waals surface area contributed by atoms with Gasteiger partial charge < -0.3 is 9.64 Å². The zero-order valence-corrected chi connectivity index (χ0v) is 13.6. The quantitative estimate of drug-likeness (QED) is 0.745.